The summed E-state index contributed by atoms with van der Waals surface area (Å²) in [6, 6.07) is 11.0. The van der Waals surface area contributed by atoms with E-state index in [1.807, 2.05) is 39.9 Å². The average Bonchev–Trinajstić information content (AvgIpc) is 3.47. The van der Waals surface area contributed by atoms with Gasteiger partial charge in [0.05, 0.1) is 18.7 Å². The van der Waals surface area contributed by atoms with Gasteiger partial charge in [0.15, 0.2) is 0 Å². The molecular weight excluding hydrogens is 438 g/mol. The summed E-state index contributed by atoms with van der Waals surface area (Å²) in [5, 5.41) is 4.00. The van der Waals surface area contributed by atoms with E-state index in [1.165, 1.54) is 6.07 Å². The summed E-state index contributed by atoms with van der Waals surface area (Å²) in [5.74, 6) is -2.13. The summed E-state index contributed by atoms with van der Waals surface area (Å²) < 4.78 is 27.1. The minimum absolute atomic E-state index is 0.0851. The van der Waals surface area contributed by atoms with Gasteiger partial charge in [-0.15, -0.1) is 22.7 Å². The number of amides is 2. The van der Waals surface area contributed by atoms with Gasteiger partial charge in [0.2, 0.25) is 5.91 Å². The zero-order valence-corrected chi connectivity index (χ0v) is 18.4. The number of benzene rings is 1. The fourth-order valence-electron chi connectivity index (χ4n) is 3.81. The van der Waals surface area contributed by atoms with E-state index in [9.17, 15) is 18.4 Å². The third-order valence-corrected chi connectivity index (χ3v) is 7.18. The second-order valence-corrected chi connectivity index (χ2v) is 9.61. The number of hydrogen-bond acceptors (Lipinski definition) is 4. The molecule has 0 N–H and O–H groups in total. The highest BCUT2D eigenvalue weighted by Gasteiger charge is 2.31. The van der Waals surface area contributed by atoms with Crippen LogP contribution in [0.15, 0.2) is 53.2 Å². The van der Waals surface area contributed by atoms with Gasteiger partial charge in [-0.1, -0.05) is 12.1 Å². The quantitative estimate of drug-likeness (QED) is 0.509. The first kappa shape index (κ1) is 21.6. The maximum absolute atomic E-state index is 14.0. The number of carbonyl (C=O) groups excluding carboxylic acids is 2. The van der Waals surface area contributed by atoms with Crippen LogP contribution in [0.2, 0.25) is 0 Å². The molecule has 31 heavy (non-hydrogen) atoms. The van der Waals surface area contributed by atoms with E-state index >= 15 is 0 Å². The smallest absolute Gasteiger partial charge is 0.256 e. The lowest BCUT2D eigenvalue weighted by Crippen LogP contribution is -2.44. The number of halogens is 2. The maximum Gasteiger partial charge on any atom is 0.256 e. The molecule has 1 aliphatic heterocycles. The Kier molecular flexibility index (Phi) is 6.77. The fourth-order valence-corrected chi connectivity index (χ4v) is 5.25. The summed E-state index contributed by atoms with van der Waals surface area (Å²) in [6.45, 7) is 1.87. The first-order valence-corrected chi connectivity index (χ1v) is 11.8. The van der Waals surface area contributed by atoms with E-state index in [2.05, 4.69) is 0 Å². The number of likely N-dealkylation sites (tertiary alicyclic amines) is 1. The van der Waals surface area contributed by atoms with Gasteiger partial charge in [-0.3, -0.25) is 9.59 Å². The van der Waals surface area contributed by atoms with E-state index < -0.39 is 17.5 Å². The predicted molar refractivity (Wildman–Crippen MR) is 118 cm³/mol. The molecule has 0 bridgehead atoms. The van der Waals surface area contributed by atoms with Crippen LogP contribution in [0.25, 0.3) is 0 Å². The number of rotatable bonds is 6. The van der Waals surface area contributed by atoms with E-state index in [0.717, 1.165) is 21.9 Å². The molecule has 4 nitrogen and oxygen atoms in total. The molecule has 0 atom stereocenters. The van der Waals surface area contributed by atoms with Crippen molar-refractivity contribution in [3.63, 3.8) is 0 Å². The number of carbonyl (C=O) groups is 2. The summed E-state index contributed by atoms with van der Waals surface area (Å²) in [6.07, 6.45) is 1.05. The molecular formula is C23H22F2N2O2S2. The van der Waals surface area contributed by atoms with E-state index in [1.54, 1.807) is 27.6 Å². The second kappa shape index (κ2) is 9.70. The van der Waals surface area contributed by atoms with Crippen molar-refractivity contribution in [2.75, 3.05) is 13.1 Å². The third-order valence-electron chi connectivity index (χ3n) is 5.46. The van der Waals surface area contributed by atoms with Crippen molar-refractivity contribution < 1.29 is 18.4 Å². The highest BCUT2D eigenvalue weighted by Crippen LogP contribution is 2.25. The molecule has 8 heteroatoms. The molecule has 1 fully saturated rings. The lowest BCUT2D eigenvalue weighted by molar-refractivity contribution is -0.138. The van der Waals surface area contributed by atoms with Crippen molar-refractivity contribution in [2.45, 2.75) is 25.9 Å². The SMILES string of the molecule is O=C(c1ccc(F)cc1F)N1CCC(C(=O)N(Cc2cccs2)Cc2cccs2)CC1. The van der Waals surface area contributed by atoms with Crippen LogP contribution in [0.5, 0.6) is 0 Å². The van der Waals surface area contributed by atoms with Crippen molar-refractivity contribution in [3.8, 4) is 0 Å². The lowest BCUT2D eigenvalue weighted by atomic mass is 9.94. The summed E-state index contributed by atoms with van der Waals surface area (Å²) in [7, 11) is 0. The number of nitrogens with zero attached hydrogens (tertiary/aromatic N) is 2. The van der Waals surface area contributed by atoms with Gasteiger partial charge in [-0.05, 0) is 47.9 Å². The second-order valence-electron chi connectivity index (χ2n) is 7.54. The van der Waals surface area contributed by atoms with E-state index in [-0.39, 0.29) is 17.4 Å². The van der Waals surface area contributed by atoms with Crippen molar-refractivity contribution in [3.05, 3.63) is 80.2 Å². The Hall–Kier alpha value is -2.58. The summed E-state index contributed by atoms with van der Waals surface area (Å²) in [4.78, 5) is 31.6. The fraction of sp³-hybridized carbons (Fsp3) is 0.304. The number of piperidine rings is 1. The van der Waals surface area contributed by atoms with E-state index in [0.29, 0.717) is 39.0 Å². The predicted octanol–water partition coefficient (Wildman–Crippen LogP) is 5.17. The van der Waals surface area contributed by atoms with Gasteiger partial charge in [0.25, 0.3) is 5.91 Å². The molecule has 1 saturated heterocycles. The van der Waals surface area contributed by atoms with Gasteiger partial charge >= 0.3 is 0 Å². The van der Waals surface area contributed by atoms with Crippen LogP contribution < -0.4 is 0 Å². The van der Waals surface area contributed by atoms with Gasteiger partial charge in [-0.2, -0.15) is 0 Å². The number of thiophene rings is 2. The lowest BCUT2D eigenvalue weighted by Gasteiger charge is -2.34. The van der Waals surface area contributed by atoms with Crippen LogP contribution in [0.3, 0.4) is 0 Å². The first-order valence-electron chi connectivity index (χ1n) is 10.1. The standard InChI is InChI=1S/C23H22F2N2O2S2/c24-17-5-6-20(21(25)13-17)23(29)26-9-7-16(8-10-26)22(28)27(14-18-3-1-11-30-18)15-19-4-2-12-31-19/h1-6,11-13,16H,7-10,14-15H2. The molecule has 2 amide bonds. The van der Waals surface area contributed by atoms with Crippen LogP contribution >= 0.6 is 22.7 Å². The molecule has 4 rings (SSSR count). The zero-order chi connectivity index (χ0) is 21.8. The van der Waals surface area contributed by atoms with Crippen molar-refractivity contribution >= 4 is 34.5 Å². The van der Waals surface area contributed by atoms with Crippen molar-refractivity contribution in [1.29, 1.82) is 0 Å². The molecule has 0 saturated carbocycles. The minimum Gasteiger partial charge on any atom is -0.339 e. The monoisotopic (exact) mass is 460 g/mol. The Labute approximate surface area is 187 Å². The molecule has 3 heterocycles. The van der Waals surface area contributed by atoms with Crippen LogP contribution in [0.1, 0.15) is 33.0 Å². The molecule has 1 aliphatic rings. The Bertz CT molecular complexity index is 994. The van der Waals surface area contributed by atoms with Crippen molar-refractivity contribution in [2.24, 2.45) is 5.92 Å². The van der Waals surface area contributed by atoms with Crippen LogP contribution in [0.4, 0.5) is 8.78 Å². The van der Waals surface area contributed by atoms with Crippen molar-refractivity contribution in [1.82, 2.24) is 9.80 Å². The summed E-state index contributed by atoms with van der Waals surface area (Å²) >= 11 is 3.25. The highest BCUT2D eigenvalue weighted by atomic mass is 32.1. The molecule has 0 spiro atoms. The largest absolute Gasteiger partial charge is 0.339 e. The molecule has 0 radical (unpaired) electrons. The van der Waals surface area contributed by atoms with Gasteiger partial charge in [0.1, 0.15) is 11.6 Å². The molecule has 3 aromatic rings. The van der Waals surface area contributed by atoms with Crippen LogP contribution in [-0.4, -0.2) is 34.7 Å². The topological polar surface area (TPSA) is 40.6 Å². The van der Waals surface area contributed by atoms with Crippen LogP contribution in [-0.2, 0) is 17.9 Å². The summed E-state index contributed by atoms with van der Waals surface area (Å²) in [5.41, 5.74) is -0.136. The van der Waals surface area contributed by atoms with Gasteiger partial charge in [0, 0.05) is 34.8 Å². The minimum atomic E-state index is -0.860. The molecule has 0 unspecified atom stereocenters. The Morgan fingerprint density at radius 1 is 0.968 bits per heavy atom. The molecule has 1 aromatic carbocycles. The molecule has 0 aliphatic carbocycles. The average molecular weight is 461 g/mol. The Balaban J connectivity index is 1.41. The molecule has 162 valence electrons. The van der Waals surface area contributed by atoms with Gasteiger partial charge < -0.3 is 9.80 Å². The maximum atomic E-state index is 14.0. The van der Waals surface area contributed by atoms with E-state index in [4.69, 9.17) is 0 Å². The Morgan fingerprint density at radius 2 is 1.58 bits per heavy atom. The highest BCUT2D eigenvalue weighted by molar-refractivity contribution is 7.10. The van der Waals surface area contributed by atoms with Crippen LogP contribution in [0, 0.1) is 17.6 Å². The number of hydrogen-bond donors (Lipinski definition) is 0. The molecule has 2 aromatic heterocycles. The Morgan fingerprint density at radius 3 is 2.10 bits per heavy atom. The zero-order valence-electron chi connectivity index (χ0n) is 16.8. The first-order chi connectivity index (χ1) is 15.0. The third kappa shape index (κ3) is 5.19. The normalized spacial score (nSPS) is 14.6. The van der Waals surface area contributed by atoms with Gasteiger partial charge in [-0.25, -0.2) is 8.78 Å².